The monoisotopic (exact) mass is 303 g/mol. The van der Waals surface area contributed by atoms with Gasteiger partial charge < -0.3 is 10.2 Å². The molecule has 0 aromatic rings. The van der Waals surface area contributed by atoms with Crippen LogP contribution in [0.2, 0.25) is 0 Å². The quantitative estimate of drug-likeness (QED) is 0.734. The zero-order chi connectivity index (χ0) is 14.6. The summed E-state index contributed by atoms with van der Waals surface area (Å²) in [4.78, 5) is 2.17. The Labute approximate surface area is 123 Å². The van der Waals surface area contributed by atoms with E-state index in [1.54, 1.807) is 0 Å². The van der Waals surface area contributed by atoms with Crippen molar-refractivity contribution in [2.24, 2.45) is 0 Å². The van der Waals surface area contributed by atoms with Crippen LogP contribution in [-0.2, 0) is 10.0 Å². The Hall–Kier alpha value is -0.170. The molecule has 0 aromatic heterocycles. The lowest BCUT2D eigenvalue weighted by Gasteiger charge is -2.47. The van der Waals surface area contributed by atoms with Crippen molar-refractivity contribution in [1.82, 2.24) is 14.9 Å². The second-order valence-corrected chi connectivity index (χ2v) is 8.47. The molecule has 1 aliphatic heterocycles. The number of hydrogen-bond acceptors (Lipinski definition) is 4. The molecule has 118 valence electrons. The molecular formula is C14H29N3O2S. The first-order valence-corrected chi connectivity index (χ1v) is 9.47. The van der Waals surface area contributed by atoms with E-state index < -0.39 is 10.0 Å². The number of nitrogens with one attached hydrogen (secondary N) is 2. The van der Waals surface area contributed by atoms with Gasteiger partial charge in [-0.2, -0.15) is 0 Å². The van der Waals surface area contributed by atoms with Crippen LogP contribution in [0.5, 0.6) is 0 Å². The summed E-state index contributed by atoms with van der Waals surface area (Å²) < 4.78 is 27.1. The van der Waals surface area contributed by atoms with Crippen LogP contribution < -0.4 is 10.0 Å². The number of hydrogen-bond donors (Lipinski definition) is 2. The van der Waals surface area contributed by atoms with Gasteiger partial charge in [0.2, 0.25) is 10.0 Å². The van der Waals surface area contributed by atoms with Crippen molar-refractivity contribution in [3.63, 3.8) is 0 Å². The van der Waals surface area contributed by atoms with E-state index in [4.69, 9.17) is 0 Å². The Kier molecular flexibility index (Phi) is 5.45. The number of likely N-dealkylation sites (N-methyl/N-ethyl adjacent to an activating group) is 1. The number of rotatable bonds is 7. The molecule has 1 saturated heterocycles. The molecule has 0 aromatic carbocycles. The molecular weight excluding hydrogens is 274 g/mol. The normalized spacial score (nSPS) is 26.4. The van der Waals surface area contributed by atoms with E-state index in [2.05, 4.69) is 14.9 Å². The highest BCUT2D eigenvalue weighted by molar-refractivity contribution is 7.89. The van der Waals surface area contributed by atoms with Crippen molar-refractivity contribution in [2.75, 3.05) is 32.9 Å². The van der Waals surface area contributed by atoms with E-state index in [-0.39, 0.29) is 11.3 Å². The fourth-order valence-corrected chi connectivity index (χ4v) is 4.38. The molecule has 2 fully saturated rings. The first-order chi connectivity index (χ1) is 9.44. The molecule has 1 unspecified atom stereocenters. The third-order valence-corrected chi connectivity index (χ3v) is 6.36. The zero-order valence-electron chi connectivity index (χ0n) is 12.8. The lowest BCUT2D eigenvalue weighted by molar-refractivity contribution is 0.0656. The summed E-state index contributed by atoms with van der Waals surface area (Å²) in [5.74, 6) is 0.244. The molecule has 2 N–H and O–H groups in total. The van der Waals surface area contributed by atoms with Gasteiger partial charge in [-0.3, -0.25) is 0 Å². The zero-order valence-corrected chi connectivity index (χ0v) is 13.6. The summed E-state index contributed by atoms with van der Waals surface area (Å²) in [6.45, 7) is 1.59. The Morgan fingerprint density at radius 3 is 2.50 bits per heavy atom. The maximum atomic E-state index is 12.1. The fraction of sp³-hybridized carbons (Fsp3) is 1.00. The van der Waals surface area contributed by atoms with Gasteiger partial charge in [-0.05, 0) is 59.2 Å². The van der Waals surface area contributed by atoms with Gasteiger partial charge in [0.1, 0.15) is 0 Å². The van der Waals surface area contributed by atoms with Crippen molar-refractivity contribution in [3.05, 3.63) is 0 Å². The van der Waals surface area contributed by atoms with Gasteiger partial charge in [0.25, 0.3) is 0 Å². The van der Waals surface area contributed by atoms with Crippen LogP contribution in [0.15, 0.2) is 0 Å². The Morgan fingerprint density at radius 1 is 1.25 bits per heavy atom. The minimum Gasteiger partial charge on any atom is -0.314 e. The molecule has 1 saturated carbocycles. The SMILES string of the molecule is CN(C)C1(CNS(=O)(=O)CCC2CCCCN2)CCC1. The van der Waals surface area contributed by atoms with E-state index in [1.807, 2.05) is 14.1 Å². The first-order valence-electron chi connectivity index (χ1n) is 7.82. The summed E-state index contributed by atoms with van der Waals surface area (Å²) >= 11 is 0. The summed E-state index contributed by atoms with van der Waals surface area (Å²) in [6, 6.07) is 0.381. The van der Waals surface area contributed by atoms with Crippen molar-refractivity contribution in [1.29, 1.82) is 0 Å². The van der Waals surface area contributed by atoms with Crippen LogP contribution in [0.1, 0.15) is 44.9 Å². The average Bonchev–Trinajstić information content (AvgIpc) is 2.36. The van der Waals surface area contributed by atoms with Crippen LogP contribution in [0.4, 0.5) is 0 Å². The average molecular weight is 303 g/mol. The number of nitrogens with zero attached hydrogens (tertiary/aromatic N) is 1. The molecule has 5 nitrogen and oxygen atoms in total. The number of piperidine rings is 1. The second-order valence-electron chi connectivity index (χ2n) is 6.55. The van der Waals surface area contributed by atoms with E-state index in [1.165, 1.54) is 19.3 Å². The minimum absolute atomic E-state index is 0.0517. The van der Waals surface area contributed by atoms with E-state index in [9.17, 15) is 8.42 Å². The molecule has 0 spiro atoms. The molecule has 0 bridgehead atoms. The lowest BCUT2D eigenvalue weighted by Crippen LogP contribution is -2.57. The highest BCUT2D eigenvalue weighted by atomic mass is 32.2. The third-order valence-electron chi connectivity index (χ3n) is 5.00. The van der Waals surface area contributed by atoms with Crippen LogP contribution in [0.25, 0.3) is 0 Å². The predicted molar refractivity (Wildman–Crippen MR) is 82.3 cm³/mol. The summed E-state index contributed by atoms with van der Waals surface area (Å²) in [5, 5.41) is 3.40. The molecule has 20 heavy (non-hydrogen) atoms. The first kappa shape index (κ1) is 16.2. The van der Waals surface area contributed by atoms with Gasteiger partial charge in [-0.15, -0.1) is 0 Å². The summed E-state index contributed by atoms with van der Waals surface area (Å²) in [6.07, 6.45) is 7.65. The largest absolute Gasteiger partial charge is 0.314 e. The van der Waals surface area contributed by atoms with Gasteiger partial charge in [-0.25, -0.2) is 13.1 Å². The predicted octanol–water partition coefficient (Wildman–Crippen LogP) is 0.922. The van der Waals surface area contributed by atoms with Crippen molar-refractivity contribution in [3.8, 4) is 0 Å². The van der Waals surface area contributed by atoms with E-state index in [0.29, 0.717) is 12.6 Å². The van der Waals surface area contributed by atoms with Crippen LogP contribution >= 0.6 is 0 Å². The highest BCUT2D eigenvalue weighted by Gasteiger charge is 2.39. The van der Waals surface area contributed by atoms with E-state index in [0.717, 1.165) is 32.2 Å². The number of sulfonamides is 1. The van der Waals surface area contributed by atoms with Crippen molar-refractivity contribution in [2.45, 2.75) is 56.5 Å². The second kappa shape index (κ2) is 6.73. The van der Waals surface area contributed by atoms with Crippen LogP contribution in [0, 0.1) is 0 Å². The van der Waals surface area contributed by atoms with Gasteiger partial charge in [0.15, 0.2) is 0 Å². The molecule has 1 aliphatic carbocycles. The Balaban J connectivity index is 1.75. The summed E-state index contributed by atoms with van der Waals surface area (Å²) in [5.41, 5.74) is 0.0517. The maximum absolute atomic E-state index is 12.1. The molecule has 0 radical (unpaired) electrons. The van der Waals surface area contributed by atoms with Gasteiger partial charge in [0, 0.05) is 18.1 Å². The Morgan fingerprint density at radius 2 is 2.00 bits per heavy atom. The van der Waals surface area contributed by atoms with Crippen LogP contribution in [-0.4, -0.2) is 57.8 Å². The molecule has 0 amide bonds. The van der Waals surface area contributed by atoms with Gasteiger partial charge >= 0.3 is 0 Å². The maximum Gasteiger partial charge on any atom is 0.211 e. The standard InChI is InChI=1S/C14H29N3O2S/c1-17(2)14(8-5-9-14)12-16-20(18,19)11-7-13-6-3-4-10-15-13/h13,15-16H,3-12H2,1-2H3. The molecule has 2 aliphatic rings. The van der Waals surface area contributed by atoms with Gasteiger partial charge in [0.05, 0.1) is 5.75 Å². The van der Waals surface area contributed by atoms with Gasteiger partial charge in [-0.1, -0.05) is 6.42 Å². The topological polar surface area (TPSA) is 61.4 Å². The lowest BCUT2D eigenvalue weighted by atomic mass is 9.76. The molecule has 2 rings (SSSR count). The smallest absolute Gasteiger partial charge is 0.211 e. The highest BCUT2D eigenvalue weighted by Crippen LogP contribution is 2.35. The van der Waals surface area contributed by atoms with Crippen molar-refractivity contribution < 1.29 is 8.42 Å². The van der Waals surface area contributed by atoms with Crippen molar-refractivity contribution >= 4 is 10.0 Å². The summed E-state index contributed by atoms with van der Waals surface area (Å²) in [7, 11) is 0.942. The molecule has 6 heteroatoms. The van der Waals surface area contributed by atoms with Crippen LogP contribution in [0.3, 0.4) is 0 Å². The third kappa shape index (κ3) is 4.16. The van der Waals surface area contributed by atoms with E-state index >= 15 is 0 Å². The molecule has 1 heterocycles. The minimum atomic E-state index is -3.14. The Bertz CT molecular complexity index is 399. The fourth-order valence-electron chi connectivity index (χ4n) is 3.15. The molecule has 1 atom stereocenters.